The van der Waals surface area contributed by atoms with E-state index in [1.807, 2.05) is 0 Å². The summed E-state index contributed by atoms with van der Waals surface area (Å²) in [5.74, 6) is -0.568. The van der Waals surface area contributed by atoms with Crippen LogP contribution in [-0.4, -0.2) is 22.3 Å². The van der Waals surface area contributed by atoms with Crippen LogP contribution in [0, 0.1) is 0 Å². The third kappa shape index (κ3) is 4.75. The summed E-state index contributed by atoms with van der Waals surface area (Å²) in [6.45, 7) is 6.91. The van der Waals surface area contributed by atoms with E-state index in [1.54, 1.807) is 13.8 Å². The van der Waals surface area contributed by atoms with Gasteiger partial charge >= 0.3 is 5.97 Å². The maximum absolute atomic E-state index is 11.2. The lowest BCUT2D eigenvalue weighted by molar-refractivity contribution is -0.142. The third-order valence-corrected chi connectivity index (χ3v) is 2.44. The van der Waals surface area contributed by atoms with Crippen molar-refractivity contribution in [2.24, 2.45) is 0 Å². The zero-order valence-corrected chi connectivity index (χ0v) is 9.66. The summed E-state index contributed by atoms with van der Waals surface area (Å²) >= 11 is 16.6. The van der Waals surface area contributed by atoms with Crippen molar-refractivity contribution in [2.45, 2.75) is 30.2 Å². The van der Waals surface area contributed by atoms with E-state index in [9.17, 15) is 4.79 Å². The normalized spacial score (nSPS) is 13.2. The van der Waals surface area contributed by atoms with Crippen molar-refractivity contribution in [1.82, 2.24) is 0 Å². The van der Waals surface area contributed by atoms with Crippen molar-refractivity contribution >= 4 is 40.8 Å². The van der Waals surface area contributed by atoms with Crippen LogP contribution in [0.5, 0.6) is 0 Å². The van der Waals surface area contributed by atoms with Crippen LogP contribution < -0.4 is 0 Å². The van der Waals surface area contributed by atoms with Crippen molar-refractivity contribution in [3.8, 4) is 0 Å². The predicted molar refractivity (Wildman–Crippen MR) is 55.5 cm³/mol. The number of esters is 1. The van der Waals surface area contributed by atoms with Crippen LogP contribution >= 0.6 is 34.8 Å². The third-order valence-electron chi connectivity index (χ3n) is 1.16. The standard InChI is InChI=1S/C8H11Cl3O2/c1-4(2)13-8(12)5(3)6(9)7(10)11/h4,6-7H,3H2,1-2H3. The fourth-order valence-electron chi connectivity index (χ4n) is 0.554. The summed E-state index contributed by atoms with van der Waals surface area (Å²) in [6, 6.07) is 0. The van der Waals surface area contributed by atoms with Crippen molar-refractivity contribution < 1.29 is 9.53 Å². The maximum Gasteiger partial charge on any atom is 0.335 e. The largest absolute Gasteiger partial charge is 0.460 e. The number of carbonyl (C=O) groups is 1. The van der Waals surface area contributed by atoms with Crippen molar-refractivity contribution in [3.63, 3.8) is 0 Å². The Morgan fingerprint density at radius 3 is 2.08 bits per heavy atom. The number of carbonyl (C=O) groups excluding carboxylic acids is 1. The Labute approximate surface area is 92.8 Å². The minimum absolute atomic E-state index is 0.0744. The summed E-state index contributed by atoms with van der Waals surface area (Å²) in [5, 5.41) is -0.811. The number of hydrogen-bond donors (Lipinski definition) is 0. The molecule has 0 aliphatic heterocycles. The monoisotopic (exact) mass is 244 g/mol. The molecule has 0 saturated heterocycles. The molecule has 0 aliphatic rings. The fraction of sp³-hybridized carbons (Fsp3) is 0.625. The summed E-state index contributed by atoms with van der Waals surface area (Å²) in [4.78, 5) is 10.3. The van der Waals surface area contributed by atoms with E-state index in [2.05, 4.69) is 6.58 Å². The molecule has 0 aromatic carbocycles. The average Bonchev–Trinajstić information content (AvgIpc) is 2.00. The molecule has 76 valence electrons. The first kappa shape index (κ1) is 13.1. The molecule has 0 bridgehead atoms. The molecule has 13 heavy (non-hydrogen) atoms. The highest BCUT2D eigenvalue weighted by atomic mass is 35.5. The second-order valence-electron chi connectivity index (χ2n) is 2.72. The molecular formula is C8H11Cl3O2. The minimum atomic E-state index is -0.867. The molecule has 0 aliphatic carbocycles. The molecule has 0 spiro atoms. The van der Waals surface area contributed by atoms with Gasteiger partial charge in [-0.05, 0) is 13.8 Å². The molecule has 2 nitrogen and oxygen atoms in total. The lowest BCUT2D eigenvalue weighted by Gasteiger charge is -2.14. The van der Waals surface area contributed by atoms with Gasteiger partial charge in [0.1, 0.15) is 4.84 Å². The van der Waals surface area contributed by atoms with Gasteiger partial charge in [0.2, 0.25) is 0 Å². The van der Waals surface area contributed by atoms with Crippen LogP contribution in [0.25, 0.3) is 0 Å². The zero-order valence-electron chi connectivity index (χ0n) is 7.39. The first-order valence-electron chi connectivity index (χ1n) is 3.68. The zero-order chi connectivity index (χ0) is 10.6. The van der Waals surface area contributed by atoms with Gasteiger partial charge in [0, 0.05) is 0 Å². The number of alkyl halides is 3. The quantitative estimate of drug-likeness (QED) is 0.432. The second kappa shape index (κ2) is 5.74. The van der Waals surface area contributed by atoms with Gasteiger partial charge in [-0.25, -0.2) is 4.79 Å². The molecule has 0 N–H and O–H groups in total. The first-order valence-corrected chi connectivity index (χ1v) is 4.99. The van der Waals surface area contributed by atoms with Gasteiger partial charge in [-0.1, -0.05) is 6.58 Å². The van der Waals surface area contributed by atoms with Crippen molar-refractivity contribution in [2.75, 3.05) is 0 Å². The van der Waals surface area contributed by atoms with Gasteiger partial charge < -0.3 is 4.74 Å². The summed E-state index contributed by atoms with van der Waals surface area (Å²) in [5.41, 5.74) is 0.0744. The highest BCUT2D eigenvalue weighted by Crippen LogP contribution is 2.21. The Bertz CT molecular complexity index is 202. The predicted octanol–water partition coefficient (Wildman–Crippen LogP) is 2.91. The van der Waals surface area contributed by atoms with Crippen LogP contribution in [-0.2, 0) is 9.53 Å². The smallest absolute Gasteiger partial charge is 0.335 e. The van der Waals surface area contributed by atoms with Gasteiger partial charge in [0.25, 0.3) is 0 Å². The van der Waals surface area contributed by atoms with Gasteiger partial charge in [-0.2, -0.15) is 0 Å². The Morgan fingerprint density at radius 2 is 1.77 bits per heavy atom. The molecule has 1 unspecified atom stereocenters. The van der Waals surface area contributed by atoms with E-state index in [1.165, 1.54) is 0 Å². The Hall–Kier alpha value is 0.0800. The molecule has 0 amide bonds. The van der Waals surface area contributed by atoms with Gasteiger partial charge in [0.15, 0.2) is 0 Å². The lowest BCUT2D eigenvalue weighted by Crippen LogP contribution is -2.22. The van der Waals surface area contributed by atoms with Crippen LogP contribution in [0.4, 0.5) is 0 Å². The molecule has 1 atom stereocenters. The van der Waals surface area contributed by atoms with Crippen molar-refractivity contribution in [1.29, 1.82) is 0 Å². The molecule has 0 saturated carbocycles. The van der Waals surface area contributed by atoms with Crippen LogP contribution in [0.15, 0.2) is 12.2 Å². The highest BCUT2D eigenvalue weighted by Gasteiger charge is 2.24. The van der Waals surface area contributed by atoms with Gasteiger partial charge in [0.05, 0.1) is 17.1 Å². The van der Waals surface area contributed by atoms with E-state index < -0.39 is 16.2 Å². The topological polar surface area (TPSA) is 26.3 Å². The SMILES string of the molecule is C=C(C(=O)OC(C)C)C(Cl)C(Cl)Cl. The van der Waals surface area contributed by atoms with E-state index >= 15 is 0 Å². The van der Waals surface area contributed by atoms with Gasteiger partial charge in [-0.15, -0.1) is 34.8 Å². The molecule has 0 aromatic heterocycles. The molecule has 0 fully saturated rings. The summed E-state index contributed by atoms with van der Waals surface area (Å²) < 4.78 is 4.84. The van der Waals surface area contributed by atoms with E-state index in [-0.39, 0.29) is 11.7 Å². The Morgan fingerprint density at radius 1 is 1.31 bits per heavy atom. The molecule has 0 heterocycles. The molecular weight excluding hydrogens is 234 g/mol. The second-order valence-corrected chi connectivity index (χ2v) is 4.35. The van der Waals surface area contributed by atoms with E-state index in [0.29, 0.717) is 0 Å². The van der Waals surface area contributed by atoms with E-state index in [4.69, 9.17) is 39.5 Å². The summed E-state index contributed by atoms with van der Waals surface area (Å²) in [7, 11) is 0. The molecule has 0 rings (SSSR count). The van der Waals surface area contributed by atoms with Crippen LogP contribution in [0.1, 0.15) is 13.8 Å². The van der Waals surface area contributed by atoms with E-state index in [0.717, 1.165) is 0 Å². The number of rotatable bonds is 4. The molecule has 0 aromatic rings. The molecule has 0 radical (unpaired) electrons. The lowest BCUT2D eigenvalue weighted by atomic mass is 10.2. The molecule has 5 heteroatoms. The Balaban J connectivity index is 4.18. The number of ether oxygens (including phenoxy) is 1. The fourth-order valence-corrected chi connectivity index (χ4v) is 0.948. The van der Waals surface area contributed by atoms with Crippen LogP contribution in [0.3, 0.4) is 0 Å². The highest BCUT2D eigenvalue weighted by molar-refractivity contribution is 6.49. The average molecular weight is 246 g/mol. The number of halogens is 3. The van der Waals surface area contributed by atoms with Crippen LogP contribution in [0.2, 0.25) is 0 Å². The maximum atomic E-state index is 11.2. The number of hydrogen-bond acceptors (Lipinski definition) is 2. The van der Waals surface area contributed by atoms with Crippen molar-refractivity contribution in [3.05, 3.63) is 12.2 Å². The first-order chi connectivity index (χ1) is 5.86. The summed E-state index contributed by atoms with van der Waals surface area (Å²) in [6.07, 6.45) is -0.211. The van der Waals surface area contributed by atoms with Gasteiger partial charge in [-0.3, -0.25) is 0 Å². The minimum Gasteiger partial charge on any atom is -0.460 e. The Kier molecular flexibility index (Phi) is 5.77.